The standard InChI is InChI=1S/C16H23N3O2S/c1-4-5-7-14-8-9-16(3,13(2)15(14)12-18)22(20,21)19-11-6-10-17/h8-9,13,19H,4-7,11H2,1-3H3. The third kappa shape index (κ3) is 3.58. The van der Waals surface area contributed by atoms with Crippen LogP contribution < -0.4 is 4.72 Å². The van der Waals surface area contributed by atoms with Gasteiger partial charge in [0, 0.05) is 24.5 Å². The van der Waals surface area contributed by atoms with Crippen LogP contribution in [-0.2, 0) is 10.0 Å². The van der Waals surface area contributed by atoms with Gasteiger partial charge in [-0.05, 0) is 25.3 Å². The highest BCUT2D eigenvalue weighted by atomic mass is 32.2. The Morgan fingerprint density at radius 2 is 2.09 bits per heavy atom. The highest BCUT2D eigenvalue weighted by Crippen LogP contribution is 2.39. The minimum atomic E-state index is -3.66. The molecule has 0 saturated heterocycles. The van der Waals surface area contributed by atoms with Gasteiger partial charge in [0.2, 0.25) is 10.0 Å². The lowest BCUT2D eigenvalue weighted by atomic mass is 9.80. The maximum atomic E-state index is 12.6. The molecule has 1 aliphatic carbocycles. The first-order valence-corrected chi connectivity index (χ1v) is 9.01. The number of hydrogen-bond donors (Lipinski definition) is 1. The van der Waals surface area contributed by atoms with E-state index in [9.17, 15) is 13.7 Å². The van der Waals surface area contributed by atoms with Gasteiger partial charge in [-0.25, -0.2) is 13.1 Å². The predicted octanol–water partition coefficient (Wildman–Crippen LogP) is 2.79. The van der Waals surface area contributed by atoms with Gasteiger partial charge in [0.25, 0.3) is 0 Å². The number of nitrogens with zero attached hydrogens (tertiary/aromatic N) is 2. The van der Waals surface area contributed by atoms with Crippen LogP contribution in [0.3, 0.4) is 0 Å². The Morgan fingerprint density at radius 1 is 1.41 bits per heavy atom. The average Bonchev–Trinajstić information content (AvgIpc) is 2.48. The van der Waals surface area contributed by atoms with Gasteiger partial charge >= 0.3 is 0 Å². The van der Waals surface area contributed by atoms with E-state index in [1.165, 1.54) is 0 Å². The molecule has 1 aliphatic rings. The molecular weight excluding hydrogens is 298 g/mol. The molecule has 2 atom stereocenters. The van der Waals surface area contributed by atoms with Crippen molar-refractivity contribution in [2.24, 2.45) is 5.92 Å². The fourth-order valence-electron chi connectivity index (χ4n) is 2.54. The second-order valence-electron chi connectivity index (χ2n) is 5.70. The largest absolute Gasteiger partial charge is 0.221 e. The Hall–Kier alpha value is -1.63. The van der Waals surface area contributed by atoms with Crippen molar-refractivity contribution < 1.29 is 8.42 Å². The van der Waals surface area contributed by atoms with Crippen molar-refractivity contribution in [2.45, 2.75) is 51.2 Å². The molecule has 0 aromatic heterocycles. The van der Waals surface area contributed by atoms with E-state index in [0.717, 1.165) is 24.8 Å². The fourth-order valence-corrected chi connectivity index (χ4v) is 4.05. The highest BCUT2D eigenvalue weighted by molar-refractivity contribution is 7.91. The molecule has 0 bridgehead atoms. The van der Waals surface area contributed by atoms with Crippen LogP contribution in [0.25, 0.3) is 0 Å². The molecule has 0 aromatic carbocycles. The van der Waals surface area contributed by atoms with Gasteiger partial charge in [-0.3, -0.25) is 0 Å². The smallest absolute Gasteiger partial charge is 0.213 e. The van der Waals surface area contributed by atoms with Gasteiger partial charge in [-0.2, -0.15) is 10.5 Å². The van der Waals surface area contributed by atoms with Crippen LogP contribution in [0.4, 0.5) is 0 Å². The van der Waals surface area contributed by atoms with Gasteiger partial charge in [-0.1, -0.05) is 32.4 Å². The summed E-state index contributed by atoms with van der Waals surface area (Å²) < 4.78 is 26.4. The molecule has 2 unspecified atom stereocenters. The minimum absolute atomic E-state index is 0.0866. The van der Waals surface area contributed by atoms with Gasteiger partial charge in [0.15, 0.2) is 0 Å². The Kier molecular flexibility index (Phi) is 6.34. The minimum Gasteiger partial charge on any atom is -0.213 e. The molecule has 0 aromatic rings. The van der Waals surface area contributed by atoms with Crippen molar-refractivity contribution in [3.05, 3.63) is 23.3 Å². The summed E-state index contributed by atoms with van der Waals surface area (Å²) in [6, 6.07) is 4.10. The Balaban J connectivity index is 3.10. The van der Waals surface area contributed by atoms with Crippen molar-refractivity contribution in [1.29, 1.82) is 10.5 Å². The van der Waals surface area contributed by atoms with Crippen LogP contribution >= 0.6 is 0 Å². The van der Waals surface area contributed by atoms with Crippen LogP contribution in [0.1, 0.15) is 46.5 Å². The van der Waals surface area contributed by atoms with Crippen molar-refractivity contribution in [3.63, 3.8) is 0 Å². The van der Waals surface area contributed by atoms with Gasteiger partial charge < -0.3 is 0 Å². The van der Waals surface area contributed by atoms with E-state index in [2.05, 4.69) is 17.7 Å². The SMILES string of the molecule is CCCCC1=C(C#N)C(C)C(C)(S(=O)(=O)NCCC#N)C=C1. The Bertz CT molecular complexity index is 650. The predicted molar refractivity (Wildman–Crippen MR) is 86.0 cm³/mol. The Labute approximate surface area is 133 Å². The van der Waals surface area contributed by atoms with Crippen molar-refractivity contribution >= 4 is 10.0 Å². The molecule has 0 amide bonds. The average molecular weight is 321 g/mol. The lowest BCUT2D eigenvalue weighted by Crippen LogP contribution is -2.49. The lowest BCUT2D eigenvalue weighted by Gasteiger charge is -2.35. The number of allylic oxidation sites excluding steroid dienone is 3. The summed E-state index contributed by atoms with van der Waals surface area (Å²) in [5, 5.41) is 18.0. The van der Waals surface area contributed by atoms with E-state index in [1.807, 2.05) is 6.07 Å². The summed E-state index contributed by atoms with van der Waals surface area (Å²) in [6.45, 7) is 5.56. The van der Waals surface area contributed by atoms with E-state index < -0.39 is 20.7 Å². The fraction of sp³-hybridized carbons (Fsp3) is 0.625. The third-order valence-electron chi connectivity index (χ3n) is 4.28. The van der Waals surface area contributed by atoms with Gasteiger partial charge in [0.1, 0.15) is 4.75 Å². The first kappa shape index (κ1) is 18.4. The summed E-state index contributed by atoms with van der Waals surface area (Å²) in [6.07, 6.45) is 6.36. The second kappa shape index (κ2) is 7.58. The number of hydrogen-bond acceptors (Lipinski definition) is 4. The van der Waals surface area contributed by atoms with Crippen LogP contribution in [-0.4, -0.2) is 19.7 Å². The van der Waals surface area contributed by atoms with E-state index in [0.29, 0.717) is 5.57 Å². The normalized spacial score (nSPS) is 24.9. The van der Waals surface area contributed by atoms with E-state index in [-0.39, 0.29) is 13.0 Å². The molecule has 120 valence electrons. The second-order valence-corrected chi connectivity index (χ2v) is 7.87. The molecule has 1 rings (SSSR count). The third-order valence-corrected chi connectivity index (χ3v) is 6.51. The van der Waals surface area contributed by atoms with E-state index >= 15 is 0 Å². The number of nitrogens with one attached hydrogen (secondary N) is 1. The molecule has 0 heterocycles. The molecule has 0 spiro atoms. The molecular formula is C16H23N3O2S. The molecule has 1 N–H and O–H groups in total. The van der Waals surface area contributed by atoms with Gasteiger partial charge in [-0.15, -0.1) is 0 Å². The molecule has 22 heavy (non-hydrogen) atoms. The zero-order valence-corrected chi connectivity index (χ0v) is 14.2. The maximum Gasteiger partial charge on any atom is 0.221 e. The van der Waals surface area contributed by atoms with Crippen molar-refractivity contribution in [3.8, 4) is 12.1 Å². The van der Waals surface area contributed by atoms with E-state index in [4.69, 9.17) is 5.26 Å². The monoisotopic (exact) mass is 321 g/mol. The zero-order chi connectivity index (χ0) is 16.8. The lowest BCUT2D eigenvalue weighted by molar-refractivity contribution is 0.491. The summed E-state index contributed by atoms with van der Waals surface area (Å²) in [4.78, 5) is 0. The maximum absolute atomic E-state index is 12.6. The zero-order valence-electron chi connectivity index (χ0n) is 13.4. The molecule has 5 nitrogen and oxygen atoms in total. The van der Waals surface area contributed by atoms with Gasteiger partial charge in [0.05, 0.1) is 12.1 Å². The molecule has 0 saturated carbocycles. The number of sulfonamides is 1. The number of rotatable bonds is 7. The van der Waals surface area contributed by atoms with Crippen LogP contribution in [0.2, 0.25) is 0 Å². The number of nitriles is 2. The summed E-state index contributed by atoms with van der Waals surface area (Å²) in [5.41, 5.74) is 1.48. The van der Waals surface area contributed by atoms with Crippen LogP contribution in [0.15, 0.2) is 23.3 Å². The van der Waals surface area contributed by atoms with Crippen LogP contribution in [0.5, 0.6) is 0 Å². The molecule has 0 radical (unpaired) electrons. The van der Waals surface area contributed by atoms with E-state index in [1.54, 1.807) is 26.0 Å². The molecule has 0 aliphatic heterocycles. The molecule has 6 heteroatoms. The van der Waals surface area contributed by atoms with Crippen molar-refractivity contribution in [2.75, 3.05) is 6.54 Å². The number of unbranched alkanes of at least 4 members (excludes halogenated alkanes) is 1. The first-order chi connectivity index (χ1) is 10.3. The molecule has 0 fully saturated rings. The quantitative estimate of drug-likeness (QED) is 0.729. The summed E-state index contributed by atoms with van der Waals surface area (Å²) in [5.74, 6) is -0.422. The topological polar surface area (TPSA) is 93.8 Å². The summed E-state index contributed by atoms with van der Waals surface area (Å²) >= 11 is 0. The van der Waals surface area contributed by atoms with Crippen molar-refractivity contribution in [1.82, 2.24) is 4.72 Å². The van der Waals surface area contributed by atoms with Crippen LogP contribution in [0, 0.1) is 28.6 Å². The first-order valence-electron chi connectivity index (χ1n) is 7.52. The highest BCUT2D eigenvalue weighted by Gasteiger charge is 2.45. The Morgan fingerprint density at radius 3 is 2.64 bits per heavy atom. The summed E-state index contributed by atoms with van der Waals surface area (Å²) in [7, 11) is -3.66.